The zero-order chi connectivity index (χ0) is 17.5. The summed E-state index contributed by atoms with van der Waals surface area (Å²) in [5.74, 6) is -0.607. The first-order valence-electron chi connectivity index (χ1n) is 8.18. The first-order valence-corrected chi connectivity index (χ1v) is 9.06. The average molecular weight is 352 g/mol. The van der Waals surface area contributed by atoms with Crippen molar-refractivity contribution >= 4 is 34.1 Å². The highest BCUT2D eigenvalue weighted by molar-refractivity contribution is 7.14. The van der Waals surface area contributed by atoms with E-state index < -0.39 is 5.91 Å². The number of hydrogen-bond acceptors (Lipinski definition) is 5. The number of carbonyl (C=O) groups excluding carboxylic acids is 3. The van der Waals surface area contributed by atoms with Crippen LogP contribution in [0.25, 0.3) is 0 Å². The summed E-state index contributed by atoms with van der Waals surface area (Å²) in [5.41, 5.74) is 5.60. The second-order valence-corrected chi connectivity index (χ2v) is 6.78. The Morgan fingerprint density at radius 1 is 1.42 bits per heavy atom. The normalized spacial score (nSPS) is 18.1. The number of rotatable bonds is 7. The van der Waals surface area contributed by atoms with Gasteiger partial charge in [0.1, 0.15) is 5.00 Å². The minimum absolute atomic E-state index is 0.000483. The van der Waals surface area contributed by atoms with Crippen molar-refractivity contribution in [1.82, 2.24) is 10.2 Å². The van der Waals surface area contributed by atoms with Gasteiger partial charge in [-0.3, -0.25) is 14.4 Å². The SMILES string of the molecule is CCNC(=O)C1CCCN(CCC(=O)Nc2sccc2C(N)=O)C1. The molecule has 4 N–H and O–H groups in total. The highest BCUT2D eigenvalue weighted by Gasteiger charge is 2.25. The van der Waals surface area contributed by atoms with Crippen LogP contribution >= 0.6 is 11.3 Å². The van der Waals surface area contributed by atoms with Crippen molar-refractivity contribution in [3.8, 4) is 0 Å². The van der Waals surface area contributed by atoms with Crippen LogP contribution < -0.4 is 16.4 Å². The summed E-state index contributed by atoms with van der Waals surface area (Å²) in [4.78, 5) is 37.4. The highest BCUT2D eigenvalue weighted by Crippen LogP contribution is 2.23. The number of thiophene rings is 1. The van der Waals surface area contributed by atoms with Crippen LogP contribution in [0.2, 0.25) is 0 Å². The van der Waals surface area contributed by atoms with Gasteiger partial charge < -0.3 is 21.3 Å². The summed E-state index contributed by atoms with van der Waals surface area (Å²) in [5, 5.41) is 7.81. The minimum atomic E-state index is -0.549. The quantitative estimate of drug-likeness (QED) is 0.681. The van der Waals surface area contributed by atoms with Crippen molar-refractivity contribution in [2.24, 2.45) is 11.7 Å². The molecule has 1 unspecified atom stereocenters. The van der Waals surface area contributed by atoms with E-state index in [0.717, 1.165) is 19.4 Å². The summed E-state index contributed by atoms with van der Waals surface area (Å²) >= 11 is 1.28. The first kappa shape index (κ1) is 18.4. The van der Waals surface area contributed by atoms with Gasteiger partial charge in [0.25, 0.3) is 5.91 Å². The van der Waals surface area contributed by atoms with Crippen molar-refractivity contribution in [3.05, 3.63) is 17.0 Å². The van der Waals surface area contributed by atoms with Gasteiger partial charge in [0.2, 0.25) is 11.8 Å². The summed E-state index contributed by atoms with van der Waals surface area (Å²) in [6.07, 6.45) is 2.17. The molecule has 1 saturated heterocycles. The molecule has 2 rings (SSSR count). The fraction of sp³-hybridized carbons (Fsp3) is 0.562. The minimum Gasteiger partial charge on any atom is -0.366 e. The number of hydrogen-bond donors (Lipinski definition) is 3. The van der Waals surface area contributed by atoms with E-state index in [4.69, 9.17) is 5.73 Å². The second-order valence-electron chi connectivity index (χ2n) is 5.86. The molecule has 0 aromatic carbocycles. The molecule has 7 nitrogen and oxygen atoms in total. The van der Waals surface area contributed by atoms with Crippen LogP contribution in [-0.4, -0.2) is 48.8 Å². The summed E-state index contributed by atoms with van der Waals surface area (Å²) in [7, 11) is 0. The number of amides is 3. The summed E-state index contributed by atoms with van der Waals surface area (Å²) in [6, 6.07) is 1.60. The molecule has 0 saturated carbocycles. The van der Waals surface area contributed by atoms with Crippen LogP contribution in [0.15, 0.2) is 11.4 Å². The number of carbonyl (C=O) groups is 3. The number of nitrogens with two attached hydrogens (primary N) is 1. The molecule has 0 bridgehead atoms. The van der Waals surface area contributed by atoms with Crippen molar-refractivity contribution in [2.45, 2.75) is 26.2 Å². The number of primary amides is 1. The molecule has 1 aromatic rings. The molecule has 3 amide bonds. The van der Waals surface area contributed by atoms with Gasteiger partial charge in [0.15, 0.2) is 0 Å². The van der Waals surface area contributed by atoms with Crippen LogP contribution in [-0.2, 0) is 9.59 Å². The van der Waals surface area contributed by atoms with E-state index in [1.807, 2.05) is 6.92 Å². The van der Waals surface area contributed by atoms with Crippen LogP contribution in [0.4, 0.5) is 5.00 Å². The summed E-state index contributed by atoms with van der Waals surface area (Å²) < 4.78 is 0. The number of nitrogens with one attached hydrogen (secondary N) is 2. The third-order valence-corrected chi connectivity index (χ3v) is 4.90. The largest absolute Gasteiger partial charge is 0.366 e. The predicted molar refractivity (Wildman–Crippen MR) is 93.9 cm³/mol. The molecule has 0 radical (unpaired) electrons. The van der Waals surface area contributed by atoms with Crippen LogP contribution in [0.1, 0.15) is 36.5 Å². The van der Waals surface area contributed by atoms with Gasteiger partial charge in [-0.05, 0) is 37.8 Å². The Labute approximate surface area is 145 Å². The Bertz CT molecular complexity index is 602. The smallest absolute Gasteiger partial charge is 0.251 e. The number of nitrogens with zero attached hydrogens (tertiary/aromatic N) is 1. The molecule has 1 aliphatic rings. The fourth-order valence-electron chi connectivity index (χ4n) is 2.84. The molecule has 1 fully saturated rings. The average Bonchev–Trinajstić information content (AvgIpc) is 3.02. The van der Waals surface area contributed by atoms with Crippen molar-refractivity contribution in [3.63, 3.8) is 0 Å². The molecular weight excluding hydrogens is 328 g/mol. The maximum Gasteiger partial charge on any atom is 0.251 e. The van der Waals surface area contributed by atoms with Crippen LogP contribution in [0.3, 0.4) is 0 Å². The molecule has 8 heteroatoms. The maximum atomic E-state index is 12.1. The molecule has 1 aromatic heterocycles. The lowest BCUT2D eigenvalue weighted by molar-refractivity contribution is -0.126. The van der Waals surface area contributed by atoms with Gasteiger partial charge >= 0.3 is 0 Å². The third kappa shape index (κ3) is 5.04. The van der Waals surface area contributed by atoms with E-state index in [1.165, 1.54) is 11.3 Å². The van der Waals surface area contributed by atoms with E-state index >= 15 is 0 Å². The van der Waals surface area contributed by atoms with E-state index in [1.54, 1.807) is 11.4 Å². The molecule has 0 aliphatic carbocycles. The van der Waals surface area contributed by atoms with Gasteiger partial charge in [-0.1, -0.05) is 0 Å². The van der Waals surface area contributed by atoms with Gasteiger partial charge in [0.05, 0.1) is 11.5 Å². The number of likely N-dealkylation sites (tertiary alicyclic amines) is 1. The Morgan fingerprint density at radius 2 is 2.21 bits per heavy atom. The lowest BCUT2D eigenvalue weighted by atomic mass is 9.97. The van der Waals surface area contributed by atoms with Crippen molar-refractivity contribution < 1.29 is 14.4 Å². The van der Waals surface area contributed by atoms with Crippen molar-refractivity contribution in [1.29, 1.82) is 0 Å². The zero-order valence-corrected chi connectivity index (χ0v) is 14.7. The zero-order valence-electron chi connectivity index (χ0n) is 13.8. The first-order chi connectivity index (χ1) is 11.5. The summed E-state index contributed by atoms with van der Waals surface area (Å²) in [6.45, 7) is 4.73. The second kappa shape index (κ2) is 8.79. The van der Waals surface area contributed by atoms with E-state index in [9.17, 15) is 14.4 Å². The molecule has 132 valence electrons. The van der Waals surface area contributed by atoms with Gasteiger partial charge in [0, 0.05) is 26.1 Å². The fourth-order valence-corrected chi connectivity index (χ4v) is 3.65. The topological polar surface area (TPSA) is 105 Å². The lowest BCUT2D eigenvalue weighted by Crippen LogP contribution is -2.43. The standard InChI is InChI=1S/C16H24N4O3S/c1-2-18-15(23)11-4-3-7-20(10-11)8-5-13(21)19-16-12(14(17)22)6-9-24-16/h6,9,11H,2-5,7-8,10H2,1H3,(H2,17,22)(H,18,23)(H,19,21). The number of piperidine rings is 1. The van der Waals surface area contributed by atoms with Crippen molar-refractivity contribution in [2.75, 3.05) is 31.5 Å². The number of anilines is 1. The Kier molecular flexibility index (Phi) is 6.74. The van der Waals surface area contributed by atoms with Crippen LogP contribution in [0.5, 0.6) is 0 Å². The molecule has 2 heterocycles. The third-order valence-electron chi connectivity index (χ3n) is 4.07. The Hall–Kier alpha value is -1.93. The van der Waals surface area contributed by atoms with Gasteiger partial charge in [-0.15, -0.1) is 11.3 Å². The Balaban J connectivity index is 1.80. The van der Waals surface area contributed by atoms with Gasteiger partial charge in [-0.25, -0.2) is 0 Å². The van der Waals surface area contributed by atoms with E-state index in [2.05, 4.69) is 15.5 Å². The Morgan fingerprint density at radius 3 is 2.92 bits per heavy atom. The predicted octanol–water partition coefficient (Wildman–Crippen LogP) is 1.02. The van der Waals surface area contributed by atoms with E-state index in [0.29, 0.717) is 36.6 Å². The lowest BCUT2D eigenvalue weighted by Gasteiger charge is -2.31. The van der Waals surface area contributed by atoms with E-state index in [-0.39, 0.29) is 17.7 Å². The van der Waals surface area contributed by atoms with Gasteiger partial charge in [-0.2, -0.15) is 0 Å². The molecule has 24 heavy (non-hydrogen) atoms. The maximum absolute atomic E-state index is 12.1. The van der Waals surface area contributed by atoms with Crippen LogP contribution in [0, 0.1) is 5.92 Å². The molecule has 1 atom stereocenters. The highest BCUT2D eigenvalue weighted by atomic mass is 32.1. The monoisotopic (exact) mass is 352 g/mol. The molecular formula is C16H24N4O3S. The molecule has 1 aliphatic heterocycles. The molecule has 0 spiro atoms.